The second kappa shape index (κ2) is 7.06. The van der Waals surface area contributed by atoms with Crippen LogP contribution in [0.4, 0.5) is 8.78 Å². The molecule has 1 fully saturated rings. The molecule has 0 saturated heterocycles. The smallest absolute Gasteiger partial charge is 0.254 e. The highest BCUT2D eigenvalue weighted by atomic mass is 19.1. The number of halogens is 2. The Morgan fingerprint density at radius 3 is 2.59 bits per heavy atom. The lowest BCUT2D eigenvalue weighted by molar-refractivity contribution is 0.0643. The number of aromatic nitrogens is 3. The fourth-order valence-electron chi connectivity index (χ4n) is 4.16. The molecule has 3 aromatic rings. The van der Waals surface area contributed by atoms with Crippen molar-refractivity contribution in [2.45, 2.75) is 44.2 Å². The summed E-state index contributed by atoms with van der Waals surface area (Å²) < 4.78 is 27.1. The number of benzene rings is 1. The van der Waals surface area contributed by atoms with E-state index in [1.54, 1.807) is 24.3 Å². The molecule has 1 amide bonds. The zero-order valence-electron chi connectivity index (χ0n) is 15.7. The fourth-order valence-corrected chi connectivity index (χ4v) is 4.16. The average Bonchev–Trinajstić information content (AvgIpc) is 3.44. The summed E-state index contributed by atoms with van der Waals surface area (Å²) in [6.45, 7) is 0. The van der Waals surface area contributed by atoms with Crippen LogP contribution in [0.2, 0.25) is 0 Å². The van der Waals surface area contributed by atoms with Gasteiger partial charge in [-0.3, -0.25) is 14.9 Å². The normalized spacial score (nSPS) is 18.3. The summed E-state index contributed by atoms with van der Waals surface area (Å²) in [5, 5.41) is 7.16. The average molecular weight is 394 g/mol. The second-order valence-corrected chi connectivity index (χ2v) is 7.78. The minimum absolute atomic E-state index is 0.00327. The standard InChI is InChI=1S/C22H20F2N4O/c23-16-10-19(24)21(25-12-16)13-1-3-14(4-2-13)22(29)28(17-5-6-17)18-7-8-20-15(9-18)11-26-27-20/h1-4,10-12,17-18H,5-9H2,(H,26,27). The van der Waals surface area contributed by atoms with Gasteiger partial charge in [-0.1, -0.05) is 12.1 Å². The zero-order chi connectivity index (χ0) is 20.0. The van der Waals surface area contributed by atoms with Crippen LogP contribution in [0.25, 0.3) is 11.3 Å². The van der Waals surface area contributed by atoms with Crippen LogP contribution in [0.3, 0.4) is 0 Å². The summed E-state index contributed by atoms with van der Waals surface area (Å²) in [5.74, 6) is -1.43. The first-order chi connectivity index (χ1) is 14.1. The topological polar surface area (TPSA) is 61.9 Å². The molecule has 5 rings (SSSR count). The van der Waals surface area contributed by atoms with E-state index in [0.29, 0.717) is 11.1 Å². The van der Waals surface area contributed by atoms with Crippen LogP contribution in [-0.4, -0.2) is 38.1 Å². The van der Waals surface area contributed by atoms with E-state index < -0.39 is 11.6 Å². The molecule has 2 aliphatic rings. The Morgan fingerprint density at radius 2 is 1.86 bits per heavy atom. The molecule has 1 unspecified atom stereocenters. The van der Waals surface area contributed by atoms with Crippen LogP contribution in [0, 0.1) is 11.6 Å². The molecule has 1 aromatic carbocycles. The highest BCUT2D eigenvalue weighted by molar-refractivity contribution is 5.95. The highest BCUT2D eigenvalue weighted by Crippen LogP contribution is 2.34. The van der Waals surface area contributed by atoms with Crippen LogP contribution >= 0.6 is 0 Å². The van der Waals surface area contributed by atoms with E-state index in [-0.39, 0.29) is 23.7 Å². The summed E-state index contributed by atoms with van der Waals surface area (Å²) in [4.78, 5) is 19.2. The van der Waals surface area contributed by atoms with Gasteiger partial charge in [-0.15, -0.1) is 0 Å². The first-order valence-corrected chi connectivity index (χ1v) is 9.85. The van der Waals surface area contributed by atoms with Crippen molar-refractivity contribution in [2.75, 3.05) is 0 Å². The molecule has 29 heavy (non-hydrogen) atoms. The molecule has 0 radical (unpaired) electrons. The van der Waals surface area contributed by atoms with Crippen LogP contribution in [-0.2, 0) is 12.8 Å². The van der Waals surface area contributed by atoms with Crippen molar-refractivity contribution in [3.63, 3.8) is 0 Å². The number of fused-ring (bicyclic) bond motifs is 1. The predicted octanol–water partition coefficient (Wildman–Crippen LogP) is 3.91. The molecule has 1 saturated carbocycles. The van der Waals surface area contributed by atoms with Gasteiger partial charge in [0.1, 0.15) is 11.5 Å². The number of aromatic amines is 1. The molecule has 7 heteroatoms. The number of nitrogens with one attached hydrogen (secondary N) is 1. The van der Waals surface area contributed by atoms with E-state index in [9.17, 15) is 13.6 Å². The number of nitrogens with zero attached hydrogens (tertiary/aromatic N) is 3. The lowest BCUT2D eigenvalue weighted by Gasteiger charge is -2.34. The van der Waals surface area contributed by atoms with Crippen molar-refractivity contribution >= 4 is 5.91 Å². The van der Waals surface area contributed by atoms with Gasteiger partial charge in [0.2, 0.25) is 0 Å². The first-order valence-electron chi connectivity index (χ1n) is 9.85. The number of carbonyl (C=O) groups excluding carboxylic acids is 1. The summed E-state index contributed by atoms with van der Waals surface area (Å²) >= 11 is 0. The van der Waals surface area contributed by atoms with Gasteiger partial charge < -0.3 is 4.90 Å². The van der Waals surface area contributed by atoms with Crippen molar-refractivity contribution in [3.8, 4) is 11.3 Å². The third-order valence-corrected chi connectivity index (χ3v) is 5.77. The van der Waals surface area contributed by atoms with Crippen molar-refractivity contribution in [1.29, 1.82) is 0 Å². The lowest BCUT2D eigenvalue weighted by atomic mass is 9.91. The van der Waals surface area contributed by atoms with Gasteiger partial charge in [-0.05, 0) is 49.8 Å². The third kappa shape index (κ3) is 3.41. The van der Waals surface area contributed by atoms with Gasteiger partial charge in [0.25, 0.3) is 5.91 Å². The maximum atomic E-state index is 14.0. The second-order valence-electron chi connectivity index (χ2n) is 7.78. The third-order valence-electron chi connectivity index (χ3n) is 5.77. The molecule has 1 N–H and O–H groups in total. The van der Waals surface area contributed by atoms with Crippen molar-refractivity contribution in [2.24, 2.45) is 0 Å². The summed E-state index contributed by atoms with van der Waals surface area (Å²) in [5.41, 5.74) is 3.51. The molecule has 0 aliphatic heterocycles. The van der Waals surface area contributed by atoms with E-state index in [1.165, 1.54) is 11.3 Å². The number of rotatable bonds is 4. The van der Waals surface area contributed by atoms with Gasteiger partial charge in [0, 0.05) is 35.0 Å². The number of carbonyl (C=O) groups is 1. The van der Waals surface area contributed by atoms with E-state index in [1.807, 2.05) is 11.1 Å². The molecule has 5 nitrogen and oxygen atoms in total. The predicted molar refractivity (Wildman–Crippen MR) is 103 cm³/mol. The summed E-state index contributed by atoms with van der Waals surface area (Å²) in [6, 6.07) is 7.98. The Hall–Kier alpha value is -3.09. The Balaban J connectivity index is 1.39. The molecular weight excluding hydrogens is 374 g/mol. The first kappa shape index (κ1) is 18.0. The Kier molecular flexibility index (Phi) is 4.38. The fraction of sp³-hybridized carbons (Fsp3) is 0.318. The molecule has 0 bridgehead atoms. The molecule has 1 atom stereocenters. The molecule has 2 aliphatic carbocycles. The zero-order valence-corrected chi connectivity index (χ0v) is 15.7. The van der Waals surface area contributed by atoms with Gasteiger partial charge in [0.15, 0.2) is 5.82 Å². The number of hydrogen-bond acceptors (Lipinski definition) is 3. The Bertz CT molecular complexity index is 1060. The van der Waals surface area contributed by atoms with Crippen molar-refractivity contribution < 1.29 is 13.6 Å². The van der Waals surface area contributed by atoms with Crippen LogP contribution in [0.15, 0.2) is 42.7 Å². The maximum Gasteiger partial charge on any atom is 0.254 e. The number of H-pyrrole nitrogens is 1. The van der Waals surface area contributed by atoms with Gasteiger partial charge in [0.05, 0.1) is 12.4 Å². The van der Waals surface area contributed by atoms with E-state index >= 15 is 0 Å². The molecule has 148 valence electrons. The lowest BCUT2D eigenvalue weighted by Crippen LogP contribution is -2.44. The summed E-state index contributed by atoms with van der Waals surface area (Å²) in [7, 11) is 0. The number of amides is 1. The van der Waals surface area contributed by atoms with Gasteiger partial charge >= 0.3 is 0 Å². The number of aryl methyl sites for hydroxylation is 1. The minimum Gasteiger partial charge on any atom is -0.332 e. The van der Waals surface area contributed by atoms with E-state index in [0.717, 1.165) is 44.4 Å². The van der Waals surface area contributed by atoms with Crippen molar-refractivity contribution in [1.82, 2.24) is 20.1 Å². The van der Waals surface area contributed by atoms with Crippen molar-refractivity contribution in [3.05, 3.63) is 71.2 Å². The quantitative estimate of drug-likeness (QED) is 0.730. The van der Waals surface area contributed by atoms with E-state index in [4.69, 9.17) is 0 Å². The van der Waals surface area contributed by atoms with Crippen LogP contribution in [0.5, 0.6) is 0 Å². The van der Waals surface area contributed by atoms with Crippen LogP contribution in [0.1, 0.15) is 40.9 Å². The Morgan fingerprint density at radius 1 is 1.07 bits per heavy atom. The monoisotopic (exact) mass is 394 g/mol. The molecule has 2 aromatic heterocycles. The minimum atomic E-state index is -0.721. The van der Waals surface area contributed by atoms with Gasteiger partial charge in [-0.2, -0.15) is 5.10 Å². The number of pyridine rings is 1. The largest absolute Gasteiger partial charge is 0.332 e. The maximum absolute atomic E-state index is 14.0. The van der Waals surface area contributed by atoms with Gasteiger partial charge in [-0.25, -0.2) is 8.78 Å². The molecule has 0 spiro atoms. The summed E-state index contributed by atoms with van der Waals surface area (Å²) in [6.07, 6.45) is 7.53. The molecule has 2 heterocycles. The molecular formula is C22H20F2N4O. The SMILES string of the molecule is O=C(c1ccc(-c2ncc(F)cc2F)cc1)N(C1CC1)C1CCc2[nH]ncc2C1. The number of hydrogen-bond donors (Lipinski definition) is 1. The van der Waals surface area contributed by atoms with E-state index in [2.05, 4.69) is 15.2 Å². The van der Waals surface area contributed by atoms with Crippen LogP contribution < -0.4 is 0 Å². The Labute approximate surface area is 166 Å². The highest BCUT2D eigenvalue weighted by Gasteiger charge is 2.39.